The molecule has 4 atom stereocenters. The van der Waals surface area contributed by atoms with Gasteiger partial charge in [-0.15, -0.1) is 0 Å². The summed E-state index contributed by atoms with van der Waals surface area (Å²) in [6.07, 6.45) is -1.03. The predicted molar refractivity (Wildman–Crippen MR) is 121 cm³/mol. The van der Waals surface area contributed by atoms with Crippen molar-refractivity contribution < 1.29 is 52.4 Å². The van der Waals surface area contributed by atoms with E-state index in [-0.39, 0.29) is 32.9 Å². The smallest absolute Gasteiger partial charge is 0.347 e. The number of hydrogen-bond donors (Lipinski definition) is 2. The number of nitrogens with two attached hydrogens (primary N) is 2. The van der Waals surface area contributed by atoms with Gasteiger partial charge in [0.15, 0.2) is 18.3 Å². The second-order valence-corrected chi connectivity index (χ2v) is 7.64. The molecule has 4 N–H and O–H groups in total. The van der Waals surface area contributed by atoms with Gasteiger partial charge in [0.25, 0.3) is 0 Å². The molecule has 13 nitrogen and oxygen atoms in total. The lowest BCUT2D eigenvalue weighted by molar-refractivity contribution is -0.176. The molecule has 0 aromatic carbocycles. The Morgan fingerprint density at radius 3 is 1.57 bits per heavy atom. The topological polar surface area (TPSA) is 193 Å². The van der Waals surface area contributed by atoms with Crippen molar-refractivity contribution in [2.75, 3.05) is 32.9 Å². The fraction of sp³-hybridized carbons (Fsp3) is 0.773. The van der Waals surface area contributed by atoms with Gasteiger partial charge in [0.1, 0.15) is 6.10 Å². The number of unbranched alkanes of at least 4 members (excludes halogenated alkanes) is 3. The van der Waals surface area contributed by atoms with Crippen LogP contribution in [-0.4, -0.2) is 87.2 Å². The molecule has 0 spiro atoms. The summed E-state index contributed by atoms with van der Waals surface area (Å²) in [5, 5.41) is 0. The molecular formula is C22H38N2O11. The molecule has 0 radical (unpaired) electrons. The zero-order valence-electron chi connectivity index (χ0n) is 20.8. The van der Waals surface area contributed by atoms with Gasteiger partial charge in [0.05, 0.1) is 32.9 Å². The van der Waals surface area contributed by atoms with E-state index in [1.54, 1.807) is 13.8 Å². The largest absolute Gasteiger partial charge is 0.464 e. The van der Waals surface area contributed by atoms with E-state index in [1.807, 2.05) is 0 Å². The molecule has 0 fully saturated rings. The van der Waals surface area contributed by atoms with Crippen molar-refractivity contribution >= 4 is 29.8 Å². The van der Waals surface area contributed by atoms with Crippen LogP contribution in [0.4, 0.5) is 0 Å². The summed E-state index contributed by atoms with van der Waals surface area (Å²) in [5.74, 6) is -3.44. The van der Waals surface area contributed by atoms with Crippen LogP contribution in [0.5, 0.6) is 0 Å². The predicted octanol–water partition coefficient (Wildman–Crippen LogP) is -0.249. The van der Waals surface area contributed by atoms with Crippen LogP contribution in [0.1, 0.15) is 53.4 Å². The van der Waals surface area contributed by atoms with Gasteiger partial charge in [-0.1, -0.05) is 0 Å². The van der Waals surface area contributed by atoms with Gasteiger partial charge in [-0.25, -0.2) is 14.4 Å². The summed E-state index contributed by atoms with van der Waals surface area (Å²) in [5.41, 5.74) is 10.2. The van der Waals surface area contributed by atoms with Gasteiger partial charge in [0.2, 0.25) is 0 Å². The monoisotopic (exact) mass is 506 g/mol. The quantitative estimate of drug-likeness (QED) is 0.140. The van der Waals surface area contributed by atoms with Gasteiger partial charge < -0.3 is 39.9 Å². The molecule has 0 saturated carbocycles. The summed E-state index contributed by atoms with van der Waals surface area (Å²) in [7, 11) is 0. The van der Waals surface area contributed by atoms with E-state index in [0.717, 1.165) is 12.8 Å². The third-order valence-corrected chi connectivity index (χ3v) is 4.37. The van der Waals surface area contributed by atoms with E-state index in [4.69, 9.17) is 39.9 Å². The van der Waals surface area contributed by atoms with E-state index >= 15 is 0 Å². The molecule has 0 heterocycles. The van der Waals surface area contributed by atoms with Crippen LogP contribution in [0.15, 0.2) is 0 Å². The molecule has 202 valence electrons. The number of esters is 5. The van der Waals surface area contributed by atoms with Gasteiger partial charge in [0, 0.05) is 0 Å². The number of rotatable bonds is 18. The Morgan fingerprint density at radius 1 is 0.600 bits per heavy atom. The third-order valence-electron chi connectivity index (χ3n) is 4.37. The highest BCUT2D eigenvalue weighted by Gasteiger charge is 2.25. The van der Waals surface area contributed by atoms with Crippen molar-refractivity contribution in [2.24, 2.45) is 11.5 Å². The molecule has 35 heavy (non-hydrogen) atoms. The third kappa shape index (κ3) is 15.7. The second-order valence-electron chi connectivity index (χ2n) is 7.64. The number of carbonyl (C=O) groups excluding carboxylic acids is 5. The van der Waals surface area contributed by atoms with Crippen molar-refractivity contribution in [2.45, 2.75) is 77.8 Å². The maximum atomic E-state index is 11.9. The van der Waals surface area contributed by atoms with Crippen LogP contribution >= 0.6 is 0 Å². The van der Waals surface area contributed by atoms with Crippen LogP contribution in [0.2, 0.25) is 0 Å². The Morgan fingerprint density at radius 2 is 1.06 bits per heavy atom. The molecule has 0 aromatic rings. The van der Waals surface area contributed by atoms with Crippen molar-refractivity contribution in [3.8, 4) is 0 Å². The van der Waals surface area contributed by atoms with Crippen molar-refractivity contribution in [1.82, 2.24) is 0 Å². The molecule has 0 bridgehead atoms. The van der Waals surface area contributed by atoms with Crippen LogP contribution < -0.4 is 11.5 Å². The first-order valence-corrected chi connectivity index (χ1v) is 11.5. The Bertz CT molecular complexity index is 686. The van der Waals surface area contributed by atoms with Crippen LogP contribution in [0, 0.1) is 0 Å². The first kappa shape index (κ1) is 32.2. The number of hydrogen-bond acceptors (Lipinski definition) is 13. The van der Waals surface area contributed by atoms with E-state index in [0.29, 0.717) is 12.8 Å². The summed E-state index contributed by atoms with van der Waals surface area (Å²) < 4.78 is 30.1. The first-order chi connectivity index (χ1) is 16.5. The summed E-state index contributed by atoms with van der Waals surface area (Å²) >= 11 is 0. The second kappa shape index (κ2) is 18.5. The Balaban J connectivity index is 3.86. The number of carbonyl (C=O) groups is 5. The van der Waals surface area contributed by atoms with Gasteiger partial charge >= 0.3 is 29.8 Å². The van der Waals surface area contributed by atoms with Crippen LogP contribution in [-0.2, 0) is 52.4 Å². The van der Waals surface area contributed by atoms with Crippen molar-refractivity contribution in [3.05, 3.63) is 0 Å². The lowest BCUT2D eigenvalue weighted by Gasteiger charge is -2.17. The van der Waals surface area contributed by atoms with Crippen molar-refractivity contribution in [1.29, 1.82) is 0 Å². The SMILES string of the molecule is CC(COC(C)C(=O)OCCCCCCOC(=O)C(C)OC(=O)C(C)OC(=O)CN)OC(=O)CN. The highest BCUT2D eigenvalue weighted by atomic mass is 16.6. The summed E-state index contributed by atoms with van der Waals surface area (Å²) in [4.78, 5) is 57.7. The molecular weight excluding hydrogens is 468 g/mol. The Labute approximate surface area is 205 Å². The molecule has 13 heteroatoms. The molecule has 0 aliphatic carbocycles. The molecule has 0 aliphatic heterocycles. The van der Waals surface area contributed by atoms with E-state index in [1.165, 1.54) is 13.8 Å². The Hall–Kier alpha value is -2.77. The summed E-state index contributed by atoms with van der Waals surface area (Å²) in [6, 6.07) is 0. The maximum Gasteiger partial charge on any atom is 0.347 e. The molecule has 0 saturated heterocycles. The molecule has 0 amide bonds. The van der Waals surface area contributed by atoms with Crippen LogP contribution in [0.3, 0.4) is 0 Å². The molecule has 0 aromatic heterocycles. The fourth-order valence-corrected chi connectivity index (χ4v) is 2.40. The lowest BCUT2D eigenvalue weighted by Crippen LogP contribution is -2.34. The van der Waals surface area contributed by atoms with E-state index < -0.39 is 54.3 Å². The molecule has 0 aliphatic rings. The van der Waals surface area contributed by atoms with Gasteiger partial charge in [-0.05, 0) is 53.4 Å². The standard InChI is InChI=1S/C22H38N2O11/c1-14(33-18(25)11-23)13-32-15(2)20(27)30-9-7-5-6-8-10-31-21(28)16(3)35-22(29)17(4)34-19(26)12-24/h14-17H,5-13,23-24H2,1-4H3. The average molecular weight is 507 g/mol. The zero-order valence-corrected chi connectivity index (χ0v) is 20.8. The number of ether oxygens (including phenoxy) is 6. The average Bonchev–Trinajstić information content (AvgIpc) is 2.83. The minimum atomic E-state index is -1.19. The molecule has 4 unspecified atom stereocenters. The molecule has 0 rings (SSSR count). The van der Waals surface area contributed by atoms with Gasteiger partial charge in [-0.3, -0.25) is 9.59 Å². The van der Waals surface area contributed by atoms with Gasteiger partial charge in [-0.2, -0.15) is 0 Å². The minimum Gasteiger partial charge on any atom is -0.464 e. The Kier molecular flexibility index (Phi) is 17.1. The normalized spacial score (nSPS) is 14.1. The fourth-order valence-electron chi connectivity index (χ4n) is 2.40. The van der Waals surface area contributed by atoms with Crippen LogP contribution in [0.25, 0.3) is 0 Å². The highest BCUT2D eigenvalue weighted by molar-refractivity contribution is 5.83. The van der Waals surface area contributed by atoms with E-state index in [2.05, 4.69) is 0 Å². The first-order valence-electron chi connectivity index (χ1n) is 11.5. The lowest BCUT2D eigenvalue weighted by atomic mass is 10.2. The maximum absolute atomic E-state index is 11.9. The minimum absolute atomic E-state index is 0.0410. The van der Waals surface area contributed by atoms with Crippen molar-refractivity contribution in [3.63, 3.8) is 0 Å². The summed E-state index contributed by atoms with van der Waals surface area (Å²) in [6.45, 7) is 5.61. The highest BCUT2D eigenvalue weighted by Crippen LogP contribution is 2.06. The zero-order chi connectivity index (χ0) is 26.8. The van der Waals surface area contributed by atoms with E-state index in [9.17, 15) is 24.0 Å².